The number of aliphatic hydroxyl groups is 7. The highest BCUT2D eigenvalue weighted by molar-refractivity contribution is 5.69. The summed E-state index contributed by atoms with van der Waals surface area (Å²) in [6, 6.07) is 0. The zero-order valence-electron chi connectivity index (χ0n) is 45.7. The van der Waals surface area contributed by atoms with E-state index in [-0.39, 0.29) is 25.6 Å². The molecule has 2 aliphatic rings. The average molecular weight is 1030 g/mol. The summed E-state index contributed by atoms with van der Waals surface area (Å²) in [5.41, 5.74) is 0. The van der Waals surface area contributed by atoms with Gasteiger partial charge in [0.25, 0.3) is 0 Å². The molecule has 0 spiro atoms. The Labute approximate surface area is 437 Å². The molecule has 0 amide bonds. The molecule has 7 N–H and O–H groups in total. The van der Waals surface area contributed by atoms with Gasteiger partial charge in [-0.15, -0.1) is 0 Å². The monoisotopic (exact) mass is 1030 g/mol. The van der Waals surface area contributed by atoms with E-state index < -0.39 is 80.7 Å². The van der Waals surface area contributed by atoms with Gasteiger partial charge in [-0.05, 0) is 38.5 Å². The Bertz CT molecular complexity index is 1240. The van der Waals surface area contributed by atoms with Gasteiger partial charge in [-0.1, -0.05) is 219 Å². The first-order valence-corrected chi connectivity index (χ1v) is 29.8. The molecule has 0 aromatic carbocycles. The second-order valence-corrected chi connectivity index (χ2v) is 21.2. The molecule has 0 aromatic heterocycles. The lowest BCUT2D eigenvalue weighted by molar-refractivity contribution is -0.332. The summed E-state index contributed by atoms with van der Waals surface area (Å²) >= 11 is 0. The maximum Gasteiger partial charge on any atom is 0.306 e. The van der Waals surface area contributed by atoms with Crippen molar-refractivity contribution < 1.29 is 69.0 Å². The van der Waals surface area contributed by atoms with E-state index in [1.54, 1.807) is 0 Å². The Balaban J connectivity index is 1.70. The molecule has 14 heteroatoms. The molecule has 72 heavy (non-hydrogen) atoms. The van der Waals surface area contributed by atoms with Crippen LogP contribution in [0.4, 0.5) is 0 Å². The first kappa shape index (κ1) is 66.8. The first-order valence-electron chi connectivity index (χ1n) is 29.8. The third kappa shape index (κ3) is 32.3. The Hall–Kier alpha value is -1.27. The molecule has 11 atom stereocenters. The number of hydrogen-bond acceptors (Lipinski definition) is 14. The molecule has 0 aromatic rings. The van der Waals surface area contributed by atoms with Gasteiger partial charge in [0.05, 0.1) is 26.4 Å². The van der Waals surface area contributed by atoms with Crippen LogP contribution in [0.15, 0.2) is 12.2 Å². The van der Waals surface area contributed by atoms with Crippen LogP contribution in [0.3, 0.4) is 0 Å². The van der Waals surface area contributed by atoms with Crippen molar-refractivity contribution in [3.05, 3.63) is 12.2 Å². The Kier molecular flexibility index (Phi) is 42.6. The van der Waals surface area contributed by atoms with Gasteiger partial charge in [-0.3, -0.25) is 4.79 Å². The fraction of sp³-hybridized carbons (Fsp3) is 0.948. The Morgan fingerprint density at radius 1 is 0.444 bits per heavy atom. The maximum atomic E-state index is 13.1. The van der Waals surface area contributed by atoms with Crippen molar-refractivity contribution in [2.45, 2.75) is 319 Å². The number of allylic oxidation sites excluding steroid dienone is 2. The molecule has 2 rings (SSSR count). The summed E-state index contributed by atoms with van der Waals surface area (Å²) in [6.45, 7) is 3.75. The van der Waals surface area contributed by atoms with Crippen molar-refractivity contribution >= 4 is 5.97 Å². The van der Waals surface area contributed by atoms with E-state index in [4.69, 9.17) is 28.4 Å². The second kappa shape index (κ2) is 45.9. The number of hydrogen-bond donors (Lipinski definition) is 7. The lowest BCUT2D eigenvalue weighted by atomic mass is 9.98. The highest BCUT2D eigenvalue weighted by atomic mass is 16.7. The number of esters is 1. The zero-order valence-corrected chi connectivity index (χ0v) is 45.7. The molecular formula is C58H110O14. The zero-order chi connectivity index (χ0) is 52.3. The van der Waals surface area contributed by atoms with Crippen molar-refractivity contribution in [3.63, 3.8) is 0 Å². The summed E-state index contributed by atoms with van der Waals surface area (Å²) in [7, 11) is 0. The minimum atomic E-state index is -1.70. The van der Waals surface area contributed by atoms with Crippen molar-refractivity contribution in [2.75, 3.05) is 33.0 Å². The van der Waals surface area contributed by atoms with Crippen LogP contribution in [-0.2, 0) is 33.2 Å². The standard InChI is InChI=1S/C58H110O14/c1-3-5-7-9-11-13-15-17-19-21-22-23-24-25-27-29-31-33-35-37-39-41-50(60)70-47(44-67-42-40-38-36-34-32-30-28-26-20-18-16-14-12-10-8-6-4-2)45-68-57-56(66)54(64)52(62)49(72-57)46-69-58-55(65)53(63)51(61)48(43-59)71-58/h21-22,47-49,51-59,61-66H,3-20,23-46H2,1-2H3/b22-21-. The second-order valence-electron chi connectivity index (χ2n) is 21.2. The third-order valence-corrected chi connectivity index (χ3v) is 14.5. The van der Waals surface area contributed by atoms with Gasteiger partial charge in [0.15, 0.2) is 12.6 Å². The molecule has 2 aliphatic heterocycles. The van der Waals surface area contributed by atoms with Crippen molar-refractivity contribution in [1.82, 2.24) is 0 Å². The molecule has 0 aliphatic carbocycles. The van der Waals surface area contributed by atoms with Crippen LogP contribution in [-0.4, -0.2) is 142 Å². The van der Waals surface area contributed by atoms with Gasteiger partial charge >= 0.3 is 5.97 Å². The van der Waals surface area contributed by atoms with Gasteiger partial charge in [0, 0.05) is 13.0 Å². The SMILES string of the molecule is CCCCCCCCCC/C=C\CCCCCCCCCCCC(=O)OC(COCCCCCCCCCCCCCCCCCCC)COC1OC(COC2OC(CO)C(O)C(O)C2O)C(O)C(O)C1O. The smallest absolute Gasteiger partial charge is 0.306 e. The van der Waals surface area contributed by atoms with Crippen LogP contribution in [0, 0.1) is 0 Å². The average Bonchev–Trinajstić information content (AvgIpc) is 3.38. The molecule has 0 bridgehead atoms. The molecule has 0 radical (unpaired) electrons. The van der Waals surface area contributed by atoms with E-state index in [1.165, 1.54) is 186 Å². The van der Waals surface area contributed by atoms with Crippen LogP contribution >= 0.6 is 0 Å². The number of rotatable bonds is 49. The molecule has 2 saturated heterocycles. The van der Waals surface area contributed by atoms with Gasteiger partial charge in [-0.25, -0.2) is 0 Å². The summed E-state index contributed by atoms with van der Waals surface area (Å²) in [6.07, 6.45) is 34.1. The van der Waals surface area contributed by atoms with Crippen LogP contribution in [0.1, 0.15) is 251 Å². The molecule has 426 valence electrons. The number of unbranched alkanes of at least 4 members (excludes halogenated alkanes) is 33. The lowest BCUT2D eigenvalue weighted by Gasteiger charge is -2.42. The molecule has 11 unspecified atom stereocenters. The van der Waals surface area contributed by atoms with Crippen LogP contribution < -0.4 is 0 Å². The van der Waals surface area contributed by atoms with Crippen molar-refractivity contribution in [3.8, 4) is 0 Å². The normalized spacial score (nSPS) is 25.1. The summed E-state index contributed by atoms with van der Waals surface area (Å²) in [5.74, 6) is -0.372. The number of carbonyl (C=O) groups is 1. The first-order chi connectivity index (χ1) is 35.1. The van der Waals surface area contributed by atoms with Gasteiger partial charge < -0.3 is 64.2 Å². The topological polar surface area (TPSA) is 214 Å². The minimum Gasteiger partial charge on any atom is -0.457 e. The van der Waals surface area contributed by atoms with Crippen LogP contribution in [0.5, 0.6) is 0 Å². The molecular weight excluding hydrogens is 921 g/mol. The van der Waals surface area contributed by atoms with Gasteiger partial charge in [-0.2, -0.15) is 0 Å². The Morgan fingerprint density at radius 2 is 0.819 bits per heavy atom. The number of aliphatic hydroxyl groups excluding tert-OH is 7. The van der Waals surface area contributed by atoms with Crippen molar-refractivity contribution in [2.24, 2.45) is 0 Å². The third-order valence-electron chi connectivity index (χ3n) is 14.5. The van der Waals surface area contributed by atoms with Crippen LogP contribution in [0.25, 0.3) is 0 Å². The van der Waals surface area contributed by atoms with E-state index in [1.807, 2.05) is 0 Å². The molecule has 0 saturated carbocycles. The van der Waals surface area contributed by atoms with Gasteiger partial charge in [0.1, 0.15) is 54.9 Å². The van der Waals surface area contributed by atoms with E-state index in [2.05, 4.69) is 26.0 Å². The molecule has 14 nitrogen and oxygen atoms in total. The summed E-state index contributed by atoms with van der Waals surface area (Å²) in [4.78, 5) is 13.1. The van der Waals surface area contributed by atoms with E-state index >= 15 is 0 Å². The summed E-state index contributed by atoms with van der Waals surface area (Å²) in [5, 5.41) is 72.3. The predicted octanol–water partition coefficient (Wildman–Crippen LogP) is 10.6. The Morgan fingerprint density at radius 3 is 1.26 bits per heavy atom. The van der Waals surface area contributed by atoms with E-state index in [0.29, 0.717) is 13.0 Å². The van der Waals surface area contributed by atoms with E-state index in [9.17, 15) is 40.5 Å². The quantitative estimate of drug-likeness (QED) is 0.0172. The fourth-order valence-corrected chi connectivity index (χ4v) is 9.69. The molecule has 2 heterocycles. The predicted molar refractivity (Wildman–Crippen MR) is 284 cm³/mol. The maximum absolute atomic E-state index is 13.1. The highest BCUT2D eigenvalue weighted by Crippen LogP contribution is 2.27. The number of carbonyl (C=O) groups excluding carboxylic acids is 1. The summed E-state index contributed by atoms with van der Waals surface area (Å²) < 4.78 is 34.4. The van der Waals surface area contributed by atoms with Crippen LogP contribution in [0.2, 0.25) is 0 Å². The minimum absolute atomic E-state index is 0.0673. The fourth-order valence-electron chi connectivity index (χ4n) is 9.69. The molecule has 2 fully saturated rings. The van der Waals surface area contributed by atoms with Gasteiger partial charge in [0.2, 0.25) is 0 Å². The largest absolute Gasteiger partial charge is 0.457 e. The lowest BCUT2D eigenvalue weighted by Crippen LogP contribution is -2.61. The number of ether oxygens (including phenoxy) is 6. The van der Waals surface area contributed by atoms with Crippen molar-refractivity contribution in [1.29, 1.82) is 0 Å². The highest BCUT2D eigenvalue weighted by Gasteiger charge is 2.47. The van der Waals surface area contributed by atoms with E-state index in [0.717, 1.165) is 38.5 Å².